The molecule has 0 radical (unpaired) electrons. The molecule has 0 aromatic carbocycles. The summed E-state index contributed by atoms with van der Waals surface area (Å²) < 4.78 is 34.8. The van der Waals surface area contributed by atoms with Crippen molar-refractivity contribution in [2.75, 3.05) is 54.1 Å². The number of allylic oxidation sites excluding steroid dienone is 4. The molecule has 61 heavy (non-hydrogen) atoms. The van der Waals surface area contributed by atoms with Crippen LogP contribution in [0.25, 0.3) is 0 Å². The second kappa shape index (κ2) is 45.5. The first-order chi connectivity index (χ1) is 29.6. The molecule has 0 fully saturated rings. The molecule has 0 aliphatic heterocycles. The molecule has 0 aromatic rings. The van der Waals surface area contributed by atoms with Gasteiger partial charge in [-0.3, -0.25) is 9.36 Å². The normalized spacial score (nSPS) is 13.7. The van der Waals surface area contributed by atoms with E-state index in [0.717, 1.165) is 32.1 Å². The summed E-state index contributed by atoms with van der Waals surface area (Å²) in [7, 11) is 1.36. The molecule has 2 unspecified atom stereocenters. The van der Waals surface area contributed by atoms with Gasteiger partial charge >= 0.3 is 5.97 Å². The Morgan fingerprint density at radius 1 is 0.492 bits per heavy atom. The van der Waals surface area contributed by atoms with Crippen LogP contribution in [0.1, 0.15) is 245 Å². The molecule has 0 bridgehead atoms. The number of nitrogens with zero attached hydrogens (tertiary/aromatic N) is 1. The number of rotatable bonds is 49. The van der Waals surface area contributed by atoms with Gasteiger partial charge in [-0.25, -0.2) is 0 Å². The maximum Gasteiger partial charge on any atom is 0.306 e. The zero-order valence-electron chi connectivity index (χ0n) is 41.1. The summed E-state index contributed by atoms with van der Waals surface area (Å²) in [6, 6.07) is 0. The Hall–Kier alpha value is -1.02. The van der Waals surface area contributed by atoms with Crippen LogP contribution >= 0.6 is 7.82 Å². The zero-order valence-corrected chi connectivity index (χ0v) is 42.0. The number of esters is 1. The highest BCUT2D eigenvalue weighted by Crippen LogP contribution is 2.38. The van der Waals surface area contributed by atoms with E-state index in [2.05, 4.69) is 38.2 Å². The second-order valence-corrected chi connectivity index (χ2v) is 20.3. The molecule has 0 aliphatic carbocycles. The average molecular weight is 884 g/mol. The van der Waals surface area contributed by atoms with Crippen LogP contribution < -0.4 is 4.89 Å². The van der Waals surface area contributed by atoms with E-state index in [1.807, 2.05) is 21.1 Å². The van der Waals surface area contributed by atoms with Crippen molar-refractivity contribution in [3.05, 3.63) is 24.3 Å². The van der Waals surface area contributed by atoms with Crippen molar-refractivity contribution in [2.24, 2.45) is 0 Å². The van der Waals surface area contributed by atoms with E-state index in [0.29, 0.717) is 24.1 Å². The van der Waals surface area contributed by atoms with Crippen LogP contribution in [-0.4, -0.2) is 70.7 Å². The summed E-state index contributed by atoms with van der Waals surface area (Å²) in [5, 5.41) is 0. The van der Waals surface area contributed by atoms with Gasteiger partial charge in [0.1, 0.15) is 19.3 Å². The molecule has 0 heterocycles. The van der Waals surface area contributed by atoms with Crippen LogP contribution in [0.4, 0.5) is 0 Å². The standard InChI is InChI=1S/C52H102NO7P/c1-6-8-10-12-14-16-18-20-22-24-26-27-28-29-31-33-35-37-39-41-43-45-52(54)60-51(50-59-61(55,56)58-48-46-53(3,4)5)49-57-47-44-42-40-38-36-34-32-30-25-23-21-19-17-15-13-11-9-7-2/h21,23-24,26,51H,6-20,22,25,27-50H2,1-5H3/b23-21-,26-24-. The van der Waals surface area contributed by atoms with Gasteiger partial charge in [0.2, 0.25) is 0 Å². The van der Waals surface area contributed by atoms with Gasteiger partial charge in [-0.2, -0.15) is 0 Å². The summed E-state index contributed by atoms with van der Waals surface area (Å²) in [6.07, 6.45) is 53.4. The first-order valence-electron chi connectivity index (χ1n) is 26.1. The molecule has 2 atom stereocenters. The van der Waals surface area contributed by atoms with E-state index in [4.69, 9.17) is 18.5 Å². The maximum atomic E-state index is 12.7. The molecule has 9 heteroatoms. The molecule has 0 saturated heterocycles. The molecule has 0 N–H and O–H groups in total. The number of carbonyl (C=O) groups excluding carboxylic acids is 1. The molecule has 0 amide bonds. The molecule has 0 spiro atoms. The fourth-order valence-corrected chi connectivity index (χ4v) is 8.15. The highest BCUT2D eigenvalue weighted by atomic mass is 31.2. The summed E-state index contributed by atoms with van der Waals surface area (Å²) in [5.41, 5.74) is 0. The third-order valence-electron chi connectivity index (χ3n) is 11.5. The van der Waals surface area contributed by atoms with Gasteiger partial charge in [0.15, 0.2) is 0 Å². The van der Waals surface area contributed by atoms with Crippen LogP contribution in [0.5, 0.6) is 0 Å². The van der Waals surface area contributed by atoms with Crippen molar-refractivity contribution in [3.8, 4) is 0 Å². The lowest BCUT2D eigenvalue weighted by Crippen LogP contribution is -2.37. The number of hydrogen-bond donors (Lipinski definition) is 0. The highest BCUT2D eigenvalue weighted by Gasteiger charge is 2.20. The Bertz CT molecular complexity index is 1030. The number of hydrogen-bond acceptors (Lipinski definition) is 7. The SMILES string of the molecule is CCCCCCCC/C=C\CCCCCCCCCCOCC(COP(=O)([O-])OCC[N+](C)(C)C)OC(=O)CCCCCCCCCCC/C=C\CCCCCCCCCC. The number of quaternary nitrogens is 1. The topological polar surface area (TPSA) is 94.1 Å². The molecule has 0 aromatic heterocycles. The minimum atomic E-state index is -4.53. The minimum absolute atomic E-state index is 0.0268. The summed E-state index contributed by atoms with van der Waals surface area (Å²) >= 11 is 0. The van der Waals surface area contributed by atoms with E-state index in [1.54, 1.807) is 0 Å². The number of phosphoric acid groups is 1. The van der Waals surface area contributed by atoms with Crippen molar-refractivity contribution >= 4 is 13.8 Å². The first-order valence-corrected chi connectivity index (χ1v) is 27.5. The Morgan fingerprint density at radius 2 is 0.852 bits per heavy atom. The summed E-state index contributed by atoms with van der Waals surface area (Å²) in [5.74, 6) is -0.333. The van der Waals surface area contributed by atoms with Gasteiger partial charge < -0.3 is 27.9 Å². The van der Waals surface area contributed by atoms with Gasteiger partial charge in [0, 0.05) is 13.0 Å². The lowest BCUT2D eigenvalue weighted by molar-refractivity contribution is -0.870. The highest BCUT2D eigenvalue weighted by molar-refractivity contribution is 7.45. The lowest BCUT2D eigenvalue weighted by Gasteiger charge is -2.28. The number of likely N-dealkylation sites (N-methyl/N-ethyl adjacent to an activating group) is 1. The minimum Gasteiger partial charge on any atom is -0.756 e. The Labute approximate surface area is 379 Å². The van der Waals surface area contributed by atoms with Crippen molar-refractivity contribution in [3.63, 3.8) is 0 Å². The molecular weight excluding hydrogens is 782 g/mol. The van der Waals surface area contributed by atoms with E-state index < -0.39 is 13.9 Å². The van der Waals surface area contributed by atoms with Crippen molar-refractivity contribution in [1.82, 2.24) is 0 Å². The zero-order chi connectivity index (χ0) is 44.8. The average Bonchev–Trinajstić information content (AvgIpc) is 3.22. The van der Waals surface area contributed by atoms with Crippen LogP contribution in [0.15, 0.2) is 24.3 Å². The Morgan fingerprint density at radius 3 is 1.25 bits per heavy atom. The quantitative estimate of drug-likeness (QED) is 0.0197. The third kappa shape index (κ3) is 49.8. The fraction of sp³-hybridized carbons (Fsp3) is 0.904. The monoisotopic (exact) mass is 884 g/mol. The van der Waals surface area contributed by atoms with E-state index >= 15 is 0 Å². The molecule has 0 saturated carbocycles. The van der Waals surface area contributed by atoms with Crippen LogP contribution in [0.3, 0.4) is 0 Å². The molecule has 0 rings (SSSR count). The predicted octanol–water partition coefficient (Wildman–Crippen LogP) is 15.3. The van der Waals surface area contributed by atoms with Gasteiger partial charge in [0.25, 0.3) is 7.82 Å². The summed E-state index contributed by atoms with van der Waals surface area (Å²) in [6.45, 7) is 5.44. The number of unbranched alkanes of at least 4 members (excludes halogenated alkanes) is 31. The molecule has 0 aliphatic rings. The van der Waals surface area contributed by atoms with Crippen molar-refractivity contribution in [1.29, 1.82) is 0 Å². The molecular formula is C52H102NO7P. The number of carbonyl (C=O) groups is 1. The number of phosphoric ester groups is 1. The van der Waals surface area contributed by atoms with Crippen molar-refractivity contribution < 1.29 is 37.3 Å². The number of ether oxygens (including phenoxy) is 2. The van der Waals surface area contributed by atoms with E-state index in [1.165, 1.54) is 193 Å². The van der Waals surface area contributed by atoms with Gasteiger partial charge in [-0.05, 0) is 64.2 Å². The van der Waals surface area contributed by atoms with Gasteiger partial charge in [-0.1, -0.05) is 199 Å². The van der Waals surface area contributed by atoms with E-state index in [-0.39, 0.29) is 25.8 Å². The fourth-order valence-electron chi connectivity index (χ4n) is 7.42. The molecule has 8 nitrogen and oxygen atoms in total. The van der Waals surface area contributed by atoms with Crippen LogP contribution in [-0.2, 0) is 27.9 Å². The maximum absolute atomic E-state index is 12.7. The molecule has 362 valence electrons. The summed E-state index contributed by atoms with van der Waals surface area (Å²) in [4.78, 5) is 25.2. The van der Waals surface area contributed by atoms with Crippen LogP contribution in [0, 0.1) is 0 Å². The Kier molecular flexibility index (Phi) is 44.8. The Balaban J connectivity index is 4.12. The van der Waals surface area contributed by atoms with Gasteiger partial charge in [0.05, 0.1) is 34.4 Å². The lowest BCUT2D eigenvalue weighted by atomic mass is 10.1. The van der Waals surface area contributed by atoms with Crippen molar-refractivity contribution in [2.45, 2.75) is 251 Å². The van der Waals surface area contributed by atoms with E-state index in [9.17, 15) is 14.3 Å². The van der Waals surface area contributed by atoms with Crippen LogP contribution in [0.2, 0.25) is 0 Å². The third-order valence-corrected chi connectivity index (χ3v) is 12.4. The van der Waals surface area contributed by atoms with Gasteiger partial charge in [-0.15, -0.1) is 0 Å². The smallest absolute Gasteiger partial charge is 0.306 e. The first kappa shape index (κ1) is 60.0. The predicted molar refractivity (Wildman–Crippen MR) is 259 cm³/mol. The largest absolute Gasteiger partial charge is 0.756 e. The second-order valence-electron chi connectivity index (χ2n) is 18.9.